The van der Waals surface area contributed by atoms with Crippen molar-refractivity contribution in [2.24, 2.45) is 56.2 Å². The van der Waals surface area contributed by atoms with E-state index in [0.717, 1.165) is 6.92 Å². The molecule has 12 amide bonds. The third-order valence-electron chi connectivity index (χ3n) is 15.5. The topological polar surface area (TPSA) is 645 Å². The quantitative estimate of drug-likeness (QED) is 0.0167. The van der Waals surface area contributed by atoms with E-state index in [-0.39, 0.29) is 133 Å². The van der Waals surface area contributed by atoms with E-state index in [9.17, 15) is 82.8 Å². The molecular weight excluding hydrogens is 1330 g/mol. The predicted octanol–water partition coefficient (Wildman–Crippen LogP) is -5.90. The highest BCUT2D eigenvalue weighted by Gasteiger charge is 2.38. The van der Waals surface area contributed by atoms with Crippen LogP contribution in [0, 0.1) is 11.8 Å². The number of carbonyl (C=O) groups excluding carboxylic acids is 12. The van der Waals surface area contributed by atoms with Crippen molar-refractivity contribution in [2.75, 3.05) is 26.2 Å². The number of aliphatic carboxylic acids is 1. The average molecular weight is 1440 g/mol. The Morgan fingerprint density at radius 1 is 0.500 bits per heavy atom. The summed E-state index contributed by atoms with van der Waals surface area (Å²) in [6, 6.07) is -11.6. The third kappa shape index (κ3) is 34.2. The summed E-state index contributed by atoms with van der Waals surface area (Å²) in [6.45, 7) is 10.2. The van der Waals surface area contributed by atoms with Crippen LogP contribution in [0.4, 0.5) is 0 Å². The lowest BCUT2D eigenvalue weighted by Crippen LogP contribution is -2.62. The second kappa shape index (κ2) is 46.2. The van der Waals surface area contributed by atoms with Crippen LogP contribution < -0.4 is 92.9 Å². The van der Waals surface area contributed by atoms with E-state index >= 15 is 0 Å². The molecule has 1 aromatic heterocycles. The van der Waals surface area contributed by atoms with Crippen molar-refractivity contribution < 1.29 is 82.8 Å². The Kier molecular flexibility index (Phi) is 39.8. The minimum absolute atomic E-state index is 0.0232. The van der Waals surface area contributed by atoms with Gasteiger partial charge in [-0.15, -0.1) is 0 Å². The summed E-state index contributed by atoms with van der Waals surface area (Å²) >= 11 is 0. The molecule has 12 atom stereocenters. The van der Waals surface area contributed by atoms with E-state index in [2.05, 4.69) is 78.4 Å². The van der Waals surface area contributed by atoms with Crippen LogP contribution in [0.1, 0.15) is 143 Å². The predicted molar refractivity (Wildman–Crippen MR) is 372 cm³/mol. The fourth-order valence-electron chi connectivity index (χ4n) is 10.2. The molecule has 0 saturated heterocycles. The third-order valence-corrected chi connectivity index (χ3v) is 15.5. The average Bonchev–Trinajstić information content (AvgIpc) is 1.28. The van der Waals surface area contributed by atoms with E-state index in [4.69, 9.17) is 34.4 Å². The van der Waals surface area contributed by atoms with Crippen LogP contribution >= 0.6 is 0 Å². The molecule has 1 heterocycles. The lowest BCUT2D eigenvalue weighted by atomic mass is 10.0. The molecular formula is C64H107N21O17. The number of unbranched alkanes of at least 4 members (excludes halogenated alkanes) is 2. The van der Waals surface area contributed by atoms with Gasteiger partial charge in [0.2, 0.25) is 70.9 Å². The molecule has 0 aliphatic carbocycles. The number of guanidine groups is 2. The van der Waals surface area contributed by atoms with Crippen LogP contribution in [0.15, 0.2) is 46.8 Å². The molecule has 1 aromatic carbocycles. The summed E-state index contributed by atoms with van der Waals surface area (Å²) in [4.78, 5) is 193. The molecule has 38 nitrogen and oxygen atoms in total. The number of imidazole rings is 1. The van der Waals surface area contributed by atoms with Gasteiger partial charge in [-0.1, -0.05) is 59.6 Å². The number of aromatic hydroxyl groups is 1. The normalized spacial score (nSPS) is 14.6. The van der Waals surface area contributed by atoms with Crippen molar-refractivity contribution in [3.05, 3.63) is 48.0 Å². The van der Waals surface area contributed by atoms with Gasteiger partial charge in [0.25, 0.3) is 0 Å². The van der Waals surface area contributed by atoms with Crippen LogP contribution in [0.5, 0.6) is 5.75 Å². The number of aliphatic imine (C=N–C) groups is 2. The fourth-order valence-corrected chi connectivity index (χ4v) is 10.2. The summed E-state index contributed by atoms with van der Waals surface area (Å²) in [5, 5.41) is 68.9. The Bertz CT molecular complexity index is 3130. The number of carboxylic acid groups (broad SMARTS) is 1. The van der Waals surface area contributed by atoms with Crippen molar-refractivity contribution in [3.63, 3.8) is 0 Å². The highest BCUT2D eigenvalue weighted by Crippen LogP contribution is 2.16. The number of benzene rings is 1. The summed E-state index contributed by atoms with van der Waals surface area (Å²) in [5.41, 5.74) is 34.3. The maximum Gasteiger partial charge on any atom is 0.305 e. The first kappa shape index (κ1) is 87.8. The van der Waals surface area contributed by atoms with Crippen LogP contribution in [-0.2, 0) is 75.2 Å². The van der Waals surface area contributed by atoms with Crippen molar-refractivity contribution in [1.29, 1.82) is 0 Å². The largest absolute Gasteiger partial charge is 0.508 e. The van der Waals surface area contributed by atoms with Crippen molar-refractivity contribution in [3.8, 4) is 5.75 Å². The molecule has 0 bridgehead atoms. The Labute approximate surface area is 591 Å². The highest BCUT2D eigenvalue weighted by atomic mass is 16.4. The fraction of sp³-hybridized carbons (Fsp3) is 0.625. The maximum absolute atomic E-state index is 14.7. The molecule has 0 radical (unpaired) electrons. The zero-order valence-corrected chi connectivity index (χ0v) is 58.9. The number of carboxylic acids is 1. The number of nitrogens with zero attached hydrogens (tertiary/aromatic N) is 3. The number of hydrogen-bond acceptors (Lipinski definition) is 20. The van der Waals surface area contributed by atoms with Crippen molar-refractivity contribution in [2.45, 2.75) is 217 Å². The number of primary amides is 1. The van der Waals surface area contributed by atoms with Crippen LogP contribution in [0.25, 0.3) is 0 Å². The van der Waals surface area contributed by atoms with Crippen LogP contribution in [0.3, 0.4) is 0 Å². The zero-order chi connectivity index (χ0) is 76.8. The second-order valence-electron chi connectivity index (χ2n) is 25.4. The summed E-state index contributed by atoms with van der Waals surface area (Å²) in [7, 11) is 0. The highest BCUT2D eigenvalue weighted by molar-refractivity contribution is 6.00. The number of carbonyl (C=O) groups is 13. The maximum atomic E-state index is 14.7. The number of phenolic OH excluding ortho intramolecular Hbond substituents is 1. The number of phenols is 1. The molecule has 2 rings (SSSR count). The minimum atomic E-state index is -2.05. The van der Waals surface area contributed by atoms with Gasteiger partial charge in [0.05, 0.1) is 25.5 Å². The minimum Gasteiger partial charge on any atom is -0.508 e. The Balaban J connectivity index is 2.54. The molecule has 38 heteroatoms. The van der Waals surface area contributed by atoms with Gasteiger partial charge in [0.15, 0.2) is 11.9 Å². The zero-order valence-electron chi connectivity index (χ0n) is 58.9. The number of amides is 12. The van der Waals surface area contributed by atoms with Gasteiger partial charge in [0.1, 0.15) is 72.2 Å². The van der Waals surface area contributed by atoms with E-state index < -0.39 is 162 Å². The van der Waals surface area contributed by atoms with Gasteiger partial charge in [-0.2, -0.15) is 0 Å². The molecule has 0 unspecified atom stereocenters. The van der Waals surface area contributed by atoms with E-state index in [1.165, 1.54) is 43.7 Å². The van der Waals surface area contributed by atoms with Gasteiger partial charge in [0, 0.05) is 44.7 Å². The Hall–Kier alpha value is -10.2. The second-order valence-corrected chi connectivity index (χ2v) is 25.4. The molecule has 0 aliphatic heterocycles. The smallest absolute Gasteiger partial charge is 0.305 e. The molecule has 570 valence electrons. The van der Waals surface area contributed by atoms with Gasteiger partial charge in [-0.05, 0) is 107 Å². The summed E-state index contributed by atoms with van der Waals surface area (Å²) in [5.74, 6) is -14.3. The van der Waals surface area contributed by atoms with Crippen LogP contribution in [-0.4, -0.2) is 218 Å². The van der Waals surface area contributed by atoms with Gasteiger partial charge in [-0.25, -0.2) is 4.98 Å². The monoisotopic (exact) mass is 1440 g/mol. The standard InChI is InChI=1S/C64H107N21O17/c1-8-9-14-40(79-61(101)49(31-86)84-55(95)43(17-13-24-73-64(69)70)77-57(97)45(25-33(2)3)75-36(7)88)56(96)85-51(35(6)87)62(102)83-48(29-50(90)91)60(100)76-41(15-10-11-22-65)53(93)82-47(27-37-18-20-39(89)21-19-37)59(99)78-42(16-12-23-72-63(67)68)54(94)81-46(26-34(4)5)58(98)80-44(52(66)92)28-38-30-71-32-74-38/h18-21,30,32-35,40-49,51,86-87,89H,8-17,22-29,31,65H2,1-7H3,(H2,66,92)(H,71,74)(H,75,88)(H,76,100)(H,77,97)(H,78,99)(H,79,101)(H,80,98)(H,81,94)(H,82,93)(H,83,102)(H,84,95)(H,85,96)(H,90,91)(H4,67,68,72)(H4,69,70,73)/t35-,40+,41+,42+,43+,44+,45+,46+,47+,48+,49+,51+/m1/s1. The van der Waals surface area contributed by atoms with E-state index in [0.29, 0.717) is 17.7 Å². The van der Waals surface area contributed by atoms with E-state index in [1.54, 1.807) is 20.8 Å². The number of aromatic nitrogens is 2. The molecule has 0 saturated carbocycles. The Morgan fingerprint density at radius 3 is 1.32 bits per heavy atom. The lowest BCUT2D eigenvalue weighted by molar-refractivity contribution is -0.142. The number of H-pyrrole nitrogens is 1. The number of aliphatic hydroxyl groups excluding tert-OH is 2. The van der Waals surface area contributed by atoms with Crippen molar-refractivity contribution >= 4 is 88.8 Å². The molecule has 0 aliphatic rings. The molecule has 102 heavy (non-hydrogen) atoms. The number of aromatic amines is 1. The molecule has 2 aromatic rings. The van der Waals surface area contributed by atoms with Gasteiger partial charge < -0.3 is 118 Å². The number of nitrogens with one attached hydrogen (secondary N) is 12. The Morgan fingerprint density at radius 2 is 0.902 bits per heavy atom. The molecule has 28 N–H and O–H groups in total. The molecule has 0 spiro atoms. The molecule has 0 fully saturated rings. The SMILES string of the molecule is CCCC[C@H](NC(=O)[C@H](CO)NC(=O)[C@H](CCCN=C(N)N)NC(=O)[C@H](CC(C)C)NC(C)=O)C(=O)N[C@H](C(=O)N[C@@H](CC(=O)O)C(=O)N[C@@H](CCCCN)C(=O)N[C@@H](Cc1ccc(O)cc1)C(=O)N[C@@H](CCCN=C(N)N)C(=O)N[C@@H](CC(C)C)C(=O)N[C@@H](Cc1cnc[nH]1)C(N)=O)[C@@H](C)O. The number of hydrogen-bond donors (Lipinski definition) is 22. The van der Waals surface area contributed by atoms with Crippen molar-refractivity contribution in [1.82, 2.24) is 68.5 Å². The lowest BCUT2D eigenvalue weighted by Gasteiger charge is -2.29. The van der Waals surface area contributed by atoms with Gasteiger partial charge >= 0.3 is 5.97 Å². The number of nitrogens with two attached hydrogens (primary N) is 6. The number of aliphatic hydroxyl groups is 2. The van der Waals surface area contributed by atoms with E-state index in [1.807, 2.05) is 13.8 Å². The summed E-state index contributed by atoms with van der Waals surface area (Å²) in [6.07, 6.45) is 0.413. The van der Waals surface area contributed by atoms with Crippen LogP contribution in [0.2, 0.25) is 0 Å². The number of rotatable bonds is 49. The summed E-state index contributed by atoms with van der Waals surface area (Å²) < 4.78 is 0. The first-order chi connectivity index (χ1) is 48.1. The first-order valence-corrected chi connectivity index (χ1v) is 33.8. The first-order valence-electron chi connectivity index (χ1n) is 33.8. The van der Waals surface area contributed by atoms with Gasteiger partial charge in [-0.3, -0.25) is 72.3 Å².